The van der Waals surface area contributed by atoms with Crippen molar-refractivity contribution in [3.05, 3.63) is 57.9 Å². The summed E-state index contributed by atoms with van der Waals surface area (Å²) in [5.41, 5.74) is 3.01. The molecule has 0 spiro atoms. The van der Waals surface area contributed by atoms with E-state index in [0.717, 1.165) is 21.5 Å². The highest BCUT2D eigenvalue weighted by atomic mass is 35.5. The van der Waals surface area contributed by atoms with Gasteiger partial charge in [-0.1, -0.05) is 37.6 Å². The van der Waals surface area contributed by atoms with Gasteiger partial charge in [-0.05, 0) is 54.0 Å². The monoisotopic (exact) mass is 418 g/mol. The van der Waals surface area contributed by atoms with Crippen LogP contribution < -0.4 is 10.6 Å². The molecule has 1 aromatic heterocycles. The van der Waals surface area contributed by atoms with Gasteiger partial charge >= 0.3 is 5.97 Å². The lowest BCUT2D eigenvalue weighted by Crippen LogP contribution is -2.18. The Morgan fingerprint density at radius 2 is 1.74 bits per heavy atom. The molecular formula is C20H19ClN2O2S2. The van der Waals surface area contributed by atoms with Crippen molar-refractivity contribution in [3.63, 3.8) is 0 Å². The van der Waals surface area contributed by atoms with Crippen molar-refractivity contribution in [1.82, 2.24) is 0 Å². The molecular weight excluding hydrogens is 400 g/mol. The van der Waals surface area contributed by atoms with Crippen LogP contribution in [0, 0.1) is 0 Å². The molecule has 2 aromatic carbocycles. The predicted octanol–water partition coefficient (Wildman–Crippen LogP) is 6.27. The van der Waals surface area contributed by atoms with E-state index in [0.29, 0.717) is 20.9 Å². The molecule has 140 valence electrons. The third kappa shape index (κ3) is 4.40. The summed E-state index contributed by atoms with van der Waals surface area (Å²) in [5.74, 6) is 0.0566. The molecule has 7 heteroatoms. The number of thiocarbonyl (C=S) groups is 1. The first-order valence-electron chi connectivity index (χ1n) is 8.37. The second-order valence-corrected chi connectivity index (χ2v) is 8.14. The number of hydrogen-bond donors (Lipinski definition) is 2. The van der Waals surface area contributed by atoms with E-state index in [2.05, 4.69) is 36.6 Å². The Labute approximate surface area is 172 Å². The maximum absolute atomic E-state index is 11.8. The second-order valence-electron chi connectivity index (χ2n) is 6.30. The van der Waals surface area contributed by atoms with Crippen LogP contribution in [0.1, 0.15) is 35.0 Å². The van der Waals surface area contributed by atoms with Gasteiger partial charge in [-0.3, -0.25) is 0 Å². The largest absolute Gasteiger partial charge is 0.465 e. The molecule has 3 aromatic rings. The molecule has 27 heavy (non-hydrogen) atoms. The van der Waals surface area contributed by atoms with Crippen LogP contribution in [0.5, 0.6) is 0 Å². The summed E-state index contributed by atoms with van der Waals surface area (Å²) in [6, 6.07) is 13.8. The smallest absolute Gasteiger partial charge is 0.349 e. The lowest BCUT2D eigenvalue weighted by Gasteiger charge is -2.12. The summed E-state index contributed by atoms with van der Waals surface area (Å²) in [5, 5.41) is 8.05. The van der Waals surface area contributed by atoms with Gasteiger partial charge in [-0.25, -0.2) is 4.79 Å². The van der Waals surface area contributed by atoms with Crippen LogP contribution >= 0.6 is 35.2 Å². The molecule has 0 radical (unpaired) electrons. The van der Waals surface area contributed by atoms with Crippen molar-refractivity contribution >= 4 is 67.7 Å². The fourth-order valence-corrected chi connectivity index (χ4v) is 4.31. The van der Waals surface area contributed by atoms with Crippen molar-refractivity contribution < 1.29 is 9.53 Å². The fourth-order valence-electron chi connectivity index (χ4n) is 2.61. The minimum Gasteiger partial charge on any atom is -0.465 e. The molecule has 3 rings (SSSR count). The lowest BCUT2D eigenvalue weighted by atomic mass is 10.0. The molecule has 1 heterocycles. The van der Waals surface area contributed by atoms with Crippen molar-refractivity contribution in [2.75, 3.05) is 17.7 Å². The number of nitrogens with one attached hydrogen (secondary N) is 2. The maximum atomic E-state index is 11.8. The number of ether oxygens (including phenoxy) is 1. The zero-order valence-electron chi connectivity index (χ0n) is 15.1. The van der Waals surface area contributed by atoms with Gasteiger partial charge in [0.2, 0.25) is 0 Å². The van der Waals surface area contributed by atoms with E-state index < -0.39 is 5.97 Å². The molecule has 0 fully saturated rings. The maximum Gasteiger partial charge on any atom is 0.349 e. The van der Waals surface area contributed by atoms with E-state index in [1.807, 2.05) is 30.3 Å². The summed E-state index contributed by atoms with van der Waals surface area (Å²) in [6.45, 7) is 4.32. The average Bonchev–Trinajstić information content (AvgIpc) is 2.97. The SMILES string of the molecule is COC(=O)c1sc2cc(NC(=S)Nc3ccc(C(C)C)cc3)ccc2c1Cl. The van der Waals surface area contributed by atoms with Gasteiger partial charge in [0.15, 0.2) is 5.11 Å². The van der Waals surface area contributed by atoms with Gasteiger partial charge in [0, 0.05) is 21.5 Å². The molecule has 0 atom stereocenters. The second kappa shape index (κ2) is 8.25. The first-order chi connectivity index (χ1) is 12.9. The van der Waals surface area contributed by atoms with Crippen molar-refractivity contribution in [2.24, 2.45) is 0 Å². The van der Waals surface area contributed by atoms with Gasteiger partial charge in [0.1, 0.15) is 4.88 Å². The Kier molecular flexibility index (Phi) is 5.99. The Morgan fingerprint density at radius 1 is 1.11 bits per heavy atom. The molecule has 0 amide bonds. The molecule has 4 nitrogen and oxygen atoms in total. The molecule has 0 saturated carbocycles. The van der Waals surface area contributed by atoms with Crippen LogP contribution in [-0.2, 0) is 4.74 Å². The van der Waals surface area contributed by atoms with E-state index in [4.69, 9.17) is 28.6 Å². The first kappa shape index (κ1) is 19.6. The third-order valence-electron chi connectivity index (χ3n) is 4.09. The van der Waals surface area contributed by atoms with E-state index in [-0.39, 0.29) is 0 Å². The standard InChI is InChI=1S/C20H19ClN2O2S2/c1-11(2)12-4-6-13(7-5-12)22-20(26)23-14-8-9-15-16(10-14)27-18(17(15)21)19(24)25-3/h4-11H,1-3H3,(H2,22,23,26). The quantitative estimate of drug-likeness (QED) is 0.386. The van der Waals surface area contributed by atoms with Crippen LogP contribution in [0.3, 0.4) is 0 Å². The van der Waals surface area contributed by atoms with Crippen LogP contribution in [0.25, 0.3) is 10.1 Å². The highest BCUT2D eigenvalue weighted by Gasteiger charge is 2.17. The minimum absolute atomic E-state index is 0.400. The first-order valence-corrected chi connectivity index (χ1v) is 9.97. The Balaban J connectivity index is 1.74. The zero-order chi connectivity index (χ0) is 19.6. The normalized spacial score (nSPS) is 10.9. The topological polar surface area (TPSA) is 50.4 Å². The van der Waals surface area contributed by atoms with E-state index in [1.54, 1.807) is 0 Å². The number of anilines is 2. The number of halogens is 1. The molecule has 0 aliphatic rings. The summed E-state index contributed by atoms with van der Waals surface area (Å²) >= 11 is 13.0. The number of hydrogen-bond acceptors (Lipinski definition) is 4. The van der Waals surface area contributed by atoms with Crippen LogP contribution in [0.2, 0.25) is 5.02 Å². The highest BCUT2D eigenvalue weighted by Crippen LogP contribution is 2.37. The third-order valence-corrected chi connectivity index (χ3v) is 5.93. The van der Waals surface area contributed by atoms with Gasteiger partial charge < -0.3 is 15.4 Å². The predicted molar refractivity (Wildman–Crippen MR) is 119 cm³/mol. The summed E-state index contributed by atoms with van der Waals surface area (Å²) < 4.78 is 5.66. The Hall–Kier alpha value is -2.15. The number of carbonyl (C=O) groups excluding carboxylic acids is 1. The number of rotatable bonds is 4. The Morgan fingerprint density at radius 3 is 2.37 bits per heavy atom. The number of thiophene rings is 1. The Bertz CT molecular complexity index is 997. The lowest BCUT2D eigenvalue weighted by molar-refractivity contribution is 0.0606. The van der Waals surface area contributed by atoms with Crippen molar-refractivity contribution in [1.29, 1.82) is 0 Å². The molecule has 2 N–H and O–H groups in total. The molecule has 0 unspecified atom stereocenters. The van der Waals surface area contributed by atoms with Gasteiger partial charge in [-0.2, -0.15) is 0 Å². The van der Waals surface area contributed by atoms with Crippen molar-refractivity contribution in [3.8, 4) is 0 Å². The van der Waals surface area contributed by atoms with Crippen LogP contribution in [0.15, 0.2) is 42.5 Å². The van der Waals surface area contributed by atoms with Crippen molar-refractivity contribution in [2.45, 2.75) is 19.8 Å². The highest BCUT2D eigenvalue weighted by molar-refractivity contribution is 7.80. The number of methoxy groups -OCH3 is 1. The number of benzene rings is 2. The zero-order valence-corrected chi connectivity index (χ0v) is 17.5. The number of carbonyl (C=O) groups is 1. The van der Waals surface area contributed by atoms with Crippen LogP contribution in [0.4, 0.5) is 11.4 Å². The molecule has 0 aliphatic carbocycles. The summed E-state index contributed by atoms with van der Waals surface area (Å²) in [6.07, 6.45) is 0. The van der Waals surface area contributed by atoms with E-state index >= 15 is 0 Å². The van der Waals surface area contributed by atoms with E-state index in [1.165, 1.54) is 24.0 Å². The van der Waals surface area contributed by atoms with Gasteiger partial charge in [0.05, 0.1) is 12.1 Å². The van der Waals surface area contributed by atoms with E-state index in [9.17, 15) is 4.79 Å². The molecule has 0 saturated heterocycles. The number of fused-ring (bicyclic) bond motifs is 1. The average molecular weight is 419 g/mol. The molecule has 0 bridgehead atoms. The van der Waals surface area contributed by atoms with Gasteiger partial charge in [0.25, 0.3) is 0 Å². The fraction of sp³-hybridized carbons (Fsp3) is 0.200. The number of esters is 1. The summed E-state index contributed by atoms with van der Waals surface area (Å²) in [7, 11) is 1.34. The van der Waals surface area contributed by atoms with Gasteiger partial charge in [-0.15, -0.1) is 11.3 Å². The molecule has 0 aliphatic heterocycles. The van der Waals surface area contributed by atoms with Crippen LogP contribution in [-0.4, -0.2) is 18.2 Å². The summed E-state index contributed by atoms with van der Waals surface area (Å²) in [4.78, 5) is 12.2. The minimum atomic E-state index is -0.433.